The molecule has 1 nitrogen and oxygen atoms in total. The van der Waals surface area contributed by atoms with Gasteiger partial charge in [-0.15, -0.1) is 0 Å². The summed E-state index contributed by atoms with van der Waals surface area (Å²) in [5, 5.41) is 3.61. The fourth-order valence-corrected chi connectivity index (χ4v) is 2.21. The van der Waals surface area contributed by atoms with Gasteiger partial charge in [-0.3, -0.25) is 0 Å². The highest BCUT2D eigenvalue weighted by molar-refractivity contribution is 7.98. The van der Waals surface area contributed by atoms with E-state index < -0.39 is 0 Å². The monoisotopic (exact) mass is 185 g/mol. The van der Waals surface area contributed by atoms with Gasteiger partial charge in [-0.2, -0.15) is 11.8 Å². The van der Waals surface area contributed by atoms with E-state index in [1.54, 1.807) is 0 Å². The quantitative estimate of drug-likeness (QED) is 0.675. The van der Waals surface area contributed by atoms with E-state index in [0.717, 1.165) is 0 Å². The molecule has 0 aromatic heterocycles. The summed E-state index contributed by atoms with van der Waals surface area (Å²) >= 11 is 1.91. The van der Waals surface area contributed by atoms with Crippen molar-refractivity contribution >= 4 is 11.8 Å². The molecule has 0 aromatic rings. The van der Waals surface area contributed by atoms with E-state index in [9.17, 15) is 0 Å². The minimum absolute atomic E-state index is 0.640. The van der Waals surface area contributed by atoms with Gasteiger partial charge >= 0.3 is 0 Å². The van der Waals surface area contributed by atoms with Crippen LogP contribution in [0.1, 0.15) is 26.2 Å². The highest BCUT2D eigenvalue weighted by atomic mass is 32.2. The Kier molecular flexibility index (Phi) is 4.77. The SMILES string of the molecule is CSCC(C)NC1C=CCCC1. The van der Waals surface area contributed by atoms with Crippen molar-refractivity contribution in [2.45, 2.75) is 38.3 Å². The van der Waals surface area contributed by atoms with Gasteiger partial charge in [-0.1, -0.05) is 12.2 Å². The zero-order chi connectivity index (χ0) is 8.81. The van der Waals surface area contributed by atoms with E-state index in [4.69, 9.17) is 0 Å². The predicted molar refractivity (Wildman–Crippen MR) is 57.8 cm³/mol. The van der Waals surface area contributed by atoms with Crippen molar-refractivity contribution in [1.82, 2.24) is 5.32 Å². The molecule has 70 valence electrons. The summed E-state index contributed by atoms with van der Waals surface area (Å²) in [6, 6.07) is 1.29. The first-order valence-electron chi connectivity index (χ1n) is 4.74. The maximum atomic E-state index is 3.61. The maximum absolute atomic E-state index is 3.61. The average Bonchev–Trinajstić information content (AvgIpc) is 2.06. The number of nitrogens with one attached hydrogen (secondary N) is 1. The standard InChI is InChI=1S/C10H19NS/c1-9(8-12-2)11-10-6-4-3-5-7-10/h4,6,9-11H,3,5,7-8H2,1-2H3. The minimum Gasteiger partial charge on any atom is -0.307 e. The van der Waals surface area contributed by atoms with E-state index in [1.807, 2.05) is 11.8 Å². The molecule has 0 aromatic carbocycles. The first-order chi connectivity index (χ1) is 5.83. The van der Waals surface area contributed by atoms with Crippen LogP contribution in [0.15, 0.2) is 12.2 Å². The molecule has 0 heterocycles. The molecule has 0 spiro atoms. The van der Waals surface area contributed by atoms with Gasteiger partial charge < -0.3 is 5.32 Å². The Labute approximate surface area is 80.0 Å². The second kappa shape index (κ2) is 5.65. The van der Waals surface area contributed by atoms with Gasteiger partial charge in [0, 0.05) is 17.8 Å². The molecule has 0 fully saturated rings. The Morgan fingerprint density at radius 1 is 1.67 bits per heavy atom. The molecule has 1 aliphatic rings. The maximum Gasteiger partial charge on any atom is 0.0252 e. The number of allylic oxidation sites excluding steroid dienone is 1. The van der Waals surface area contributed by atoms with Crippen LogP contribution < -0.4 is 5.32 Å². The van der Waals surface area contributed by atoms with Crippen LogP contribution in [0.3, 0.4) is 0 Å². The van der Waals surface area contributed by atoms with Crippen molar-refractivity contribution in [2.75, 3.05) is 12.0 Å². The molecule has 0 saturated carbocycles. The molecule has 2 atom stereocenters. The number of hydrogen-bond acceptors (Lipinski definition) is 2. The highest BCUT2D eigenvalue weighted by Crippen LogP contribution is 2.11. The summed E-state index contributed by atoms with van der Waals surface area (Å²) in [5.74, 6) is 1.21. The fraction of sp³-hybridized carbons (Fsp3) is 0.800. The van der Waals surface area contributed by atoms with Crippen molar-refractivity contribution in [1.29, 1.82) is 0 Å². The summed E-state index contributed by atoms with van der Waals surface area (Å²) in [5.41, 5.74) is 0. The van der Waals surface area contributed by atoms with Gasteiger partial charge in [0.25, 0.3) is 0 Å². The molecule has 1 rings (SSSR count). The summed E-state index contributed by atoms with van der Waals surface area (Å²) < 4.78 is 0. The minimum atomic E-state index is 0.640. The van der Waals surface area contributed by atoms with Crippen LogP contribution in [-0.2, 0) is 0 Å². The molecule has 0 radical (unpaired) electrons. The topological polar surface area (TPSA) is 12.0 Å². The van der Waals surface area contributed by atoms with E-state index >= 15 is 0 Å². The normalized spacial score (nSPS) is 25.7. The van der Waals surface area contributed by atoms with Crippen molar-refractivity contribution in [2.24, 2.45) is 0 Å². The van der Waals surface area contributed by atoms with Gasteiger partial charge in [-0.25, -0.2) is 0 Å². The van der Waals surface area contributed by atoms with Crippen LogP contribution in [-0.4, -0.2) is 24.1 Å². The largest absolute Gasteiger partial charge is 0.307 e. The van der Waals surface area contributed by atoms with Gasteiger partial charge in [0.05, 0.1) is 0 Å². The lowest BCUT2D eigenvalue weighted by Crippen LogP contribution is -2.37. The predicted octanol–water partition coefficient (Wildman–Crippen LogP) is 2.44. The van der Waals surface area contributed by atoms with E-state index in [0.29, 0.717) is 12.1 Å². The fourth-order valence-electron chi connectivity index (χ4n) is 1.61. The second-order valence-electron chi connectivity index (χ2n) is 3.49. The van der Waals surface area contributed by atoms with Gasteiger partial charge in [0.2, 0.25) is 0 Å². The van der Waals surface area contributed by atoms with Crippen LogP contribution in [0.2, 0.25) is 0 Å². The van der Waals surface area contributed by atoms with Crippen molar-refractivity contribution in [3.63, 3.8) is 0 Å². The third kappa shape index (κ3) is 3.63. The van der Waals surface area contributed by atoms with Crippen molar-refractivity contribution in [3.05, 3.63) is 12.2 Å². The molecular weight excluding hydrogens is 166 g/mol. The van der Waals surface area contributed by atoms with E-state index in [-0.39, 0.29) is 0 Å². The molecule has 0 saturated heterocycles. The van der Waals surface area contributed by atoms with Crippen LogP contribution >= 0.6 is 11.8 Å². The first kappa shape index (κ1) is 10.1. The number of rotatable bonds is 4. The van der Waals surface area contributed by atoms with E-state index in [1.165, 1.54) is 25.0 Å². The molecule has 0 bridgehead atoms. The zero-order valence-corrected chi connectivity index (χ0v) is 8.86. The molecule has 1 N–H and O–H groups in total. The molecule has 2 heteroatoms. The Hall–Kier alpha value is 0.0500. The Morgan fingerprint density at radius 2 is 2.50 bits per heavy atom. The van der Waals surface area contributed by atoms with Crippen LogP contribution in [0, 0.1) is 0 Å². The lowest BCUT2D eigenvalue weighted by Gasteiger charge is -2.22. The summed E-state index contributed by atoms with van der Waals surface area (Å²) in [7, 11) is 0. The molecule has 1 aliphatic carbocycles. The summed E-state index contributed by atoms with van der Waals surface area (Å²) in [4.78, 5) is 0. The number of thioether (sulfide) groups is 1. The lowest BCUT2D eigenvalue weighted by atomic mass is 10.0. The molecule has 0 amide bonds. The third-order valence-electron chi connectivity index (χ3n) is 2.17. The third-order valence-corrected chi connectivity index (χ3v) is 3.00. The van der Waals surface area contributed by atoms with E-state index in [2.05, 4.69) is 30.6 Å². The zero-order valence-electron chi connectivity index (χ0n) is 8.05. The van der Waals surface area contributed by atoms with Crippen LogP contribution in [0.5, 0.6) is 0 Å². The van der Waals surface area contributed by atoms with Gasteiger partial charge in [0.15, 0.2) is 0 Å². The Morgan fingerprint density at radius 3 is 3.08 bits per heavy atom. The smallest absolute Gasteiger partial charge is 0.0252 e. The molecular formula is C10H19NS. The average molecular weight is 185 g/mol. The highest BCUT2D eigenvalue weighted by Gasteiger charge is 2.10. The van der Waals surface area contributed by atoms with Crippen LogP contribution in [0.25, 0.3) is 0 Å². The molecule has 12 heavy (non-hydrogen) atoms. The Bertz CT molecular complexity index is 145. The van der Waals surface area contributed by atoms with Gasteiger partial charge in [-0.05, 0) is 32.4 Å². The second-order valence-corrected chi connectivity index (χ2v) is 4.40. The van der Waals surface area contributed by atoms with Crippen molar-refractivity contribution < 1.29 is 0 Å². The molecule has 0 aliphatic heterocycles. The first-order valence-corrected chi connectivity index (χ1v) is 6.14. The summed E-state index contributed by atoms with van der Waals surface area (Å²) in [6.07, 6.45) is 10.7. The lowest BCUT2D eigenvalue weighted by molar-refractivity contribution is 0.480. The summed E-state index contributed by atoms with van der Waals surface area (Å²) in [6.45, 7) is 2.26. The number of hydrogen-bond donors (Lipinski definition) is 1. The molecule has 2 unspecified atom stereocenters. The van der Waals surface area contributed by atoms with Crippen molar-refractivity contribution in [3.8, 4) is 0 Å². The van der Waals surface area contributed by atoms with Gasteiger partial charge in [0.1, 0.15) is 0 Å². The Balaban J connectivity index is 2.20. The van der Waals surface area contributed by atoms with Crippen LogP contribution in [0.4, 0.5) is 0 Å².